The van der Waals surface area contributed by atoms with Gasteiger partial charge >= 0.3 is 0 Å². The Morgan fingerprint density at radius 2 is 1.61 bits per heavy atom. The van der Waals surface area contributed by atoms with E-state index in [2.05, 4.69) is 0 Å². The van der Waals surface area contributed by atoms with Gasteiger partial charge in [-0.25, -0.2) is 12.8 Å². The molecule has 2 aromatic rings. The fourth-order valence-corrected chi connectivity index (χ4v) is 5.32. The van der Waals surface area contributed by atoms with Crippen molar-refractivity contribution in [2.24, 2.45) is 0 Å². The second-order valence-electron chi connectivity index (χ2n) is 7.85. The van der Waals surface area contributed by atoms with Crippen LogP contribution in [0.1, 0.15) is 29.6 Å². The van der Waals surface area contributed by atoms with E-state index in [1.165, 1.54) is 27.4 Å². The Labute approximate surface area is 191 Å². The summed E-state index contributed by atoms with van der Waals surface area (Å²) in [5.74, 6) is -0.0788. The molecule has 2 aromatic carbocycles. The molecule has 2 aliphatic heterocycles. The Bertz CT molecular complexity index is 1150. The van der Waals surface area contributed by atoms with Crippen LogP contribution in [0, 0.1) is 5.82 Å². The highest BCUT2D eigenvalue weighted by atomic mass is 32.2. The molecular formula is C23H25FN2O6S. The zero-order valence-electron chi connectivity index (χ0n) is 18.0. The lowest BCUT2D eigenvalue weighted by molar-refractivity contribution is -0.132. The quantitative estimate of drug-likeness (QED) is 0.595. The van der Waals surface area contributed by atoms with Crippen molar-refractivity contribution in [1.82, 2.24) is 9.21 Å². The summed E-state index contributed by atoms with van der Waals surface area (Å²) >= 11 is 0. The number of piperazine rings is 1. The van der Waals surface area contributed by atoms with E-state index in [9.17, 15) is 22.4 Å². The van der Waals surface area contributed by atoms with Crippen LogP contribution in [0.25, 0.3) is 0 Å². The van der Waals surface area contributed by atoms with Gasteiger partial charge in [-0.15, -0.1) is 0 Å². The zero-order chi connectivity index (χ0) is 23.4. The van der Waals surface area contributed by atoms with E-state index >= 15 is 0 Å². The molecule has 10 heteroatoms. The summed E-state index contributed by atoms with van der Waals surface area (Å²) in [5, 5.41) is 0. The van der Waals surface area contributed by atoms with Crippen molar-refractivity contribution in [3.63, 3.8) is 0 Å². The Kier molecular flexibility index (Phi) is 6.94. The van der Waals surface area contributed by atoms with Gasteiger partial charge in [0.1, 0.15) is 10.7 Å². The lowest BCUT2D eigenvalue weighted by Gasteiger charge is -2.34. The number of carbonyl (C=O) groups is 2. The van der Waals surface area contributed by atoms with Crippen molar-refractivity contribution in [2.75, 3.05) is 39.4 Å². The van der Waals surface area contributed by atoms with E-state index in [4.69, 9.17) is 9.47 Å². The van der Waals surface area contributed by atoms with Gasteiger partial charge in [0.25, 0.3) is 0 Å². The Balaban J connectivity index is 1.30. The molecule has 0 aromatic heterocycles. The Morgan fingerprint density at radius 1 is 0.909 bits per heavy atom. The number of sulfonamides is 1. The molecular weight excluding hydrogens is 451 g/mol. The summed E-state index contributed by atoms with van der Waals surface area (Å²) in [6.07, 6.45) is 0.820. The molecule has 1 fully saturated rings. The molecule has 2 heterocycles. The van der Waals surface area contributed by atoms with E-state index in [1.54, 1.807) is 18.2 Å². The maximum atomic E-state index is 14.0. The number of halogens is 1. The number of ether oxygens (including phenoxy) is 2. The average Bonchev–Trinajstić information content (AvgIpc) is 3.07. The van der Waals surface area contributed by atoms with Crippen LogP contribution in [0.15, 0.2) is 47.4 Å². The first-order valence-corrected chi connectivity index (χ1v) is 12.3. The summed E-state index contributed by atoms with van der Waals surface area (Å²) in [6, 6.07) is 10.2. The van der Waals surface area contributed by atoms with Gasteiger partial charge in [-0.2, -0.15) is 4.31 Å². The number of Topliss-reactive ketones (excluding diaryl/α,β-unsaturated/α-hetero) is 1. The highest BCUT2D eigenvalue weighted by Crippen LogP contribution is 2.31. The number of hydrogen-bond acceptors (Lipinski definition) is 6. The van der Waals surface area contributed by atoms with Crippen LogP contribution in [0.3, 0.4) is 0 Å². The molecule has 0 radical (unpaired) electrons. The number of benzene rings is 2. The van der Waals surface area contributed by atoms with Crippen molar-refractivity contribution in [2.45, 2.75) is 24.2 Å². The number of nitrogens with zero attached hydrogens (tertiary/aromatic N) is 2. The first-order valence-electron chi connectivity index (χ1n) is 10.8. The third-order valence-corrected chi connectivity index (χ3v) is 7.61. The molecule has 1 amide bonds. The van der Waals surface area contributed by atoms with Crippen LogP contribution < -0.4 is 9.47 Å². The molecule has 1 saturated heterocycles. The van der Waals surface area contributed by atoms with Crippen LogP contribution in [-0.2, 0) is 14.8 Å². The lowest BCUT2D eigenvalue weighted by Crippen LogP contribution is -2.50. The topological polar surface area (TPSA) is 93.2 Å². The van der Waals surface area contributed by atoms with Gasteiger partial charge in [0.05, 0.1) is 13.2 Å². The van der Waals surface area contributed by atoms with Crippen LogP contribution >= 0.6 is 0 Å². The second-order valence-corrected chi connectivity index (χ2v) is 9.76. The van der Waals surface area contributed by atoms with E-state index in [-0.39, 0.29) is 55.6 Å². The molecule has 0 saturated carbocycles. The first-order chi connectivity index (χ1) is 15.9. The lowest BCUT2D eigenvalue weighted by atomic mass is 10.1. The van der Waals surface area contributed by atoms with E-state index in [0.717, 1.165) is 12.5 Å². The van der Waals surface area contributed by atoms with Gasteiger partial charge in [0.2, 0.25) is 15.9 Å². The molecule has 33 heavy (non-hydrogen) atoms. The van der Waals surface area contributed by atoms with Crippen molar-refractivity contribution in [3.8, 4) is 11.5 Å². The maximum Gasteiger partial charge on any atom is 0.246 e. The van der Waals surface area contributed by atoms with Crippen LogP contribution in [0.2, 0.25) is 0 Å². The third-order valence-electron chi connectivity index (χ3n) is 5.68. The first kappa shape index (κ1) is 23.2. The molecule has 0 spiro atoms. The largest absolute Gasteiger partial charge is 0.490 e. The molecule has 8 nitrogen and oxygen atoms in total. The summed E-state index contributed by atoms with van der Waals surface area (Å²) in [6.45, 7) is 1.58. The smallest absolute Gasteiger partial charge is 0.246 e. The normalized spacial score (nSPS) is 16.8. The minimum atomic E-state index is -3.97. The summed E-state index contributed by atoms with van der Waals surface area (Å²) in [7, 11) is -3.97. The van der Waals surface area contributed by atoms with Gasteiger partial charge in [-0.3, -0.25) is 9.59 Å². The van der Waals surface area contributed by atoms with Crippen molar-refractivity contribution >= 4 is 21.7 Å². The van der Waals surface area contributed by atoms with Crippen molar-refractivity contribution < 1.29 is 31.9 Å². The summed E-state index contributed by atoms with van der Waals surface area (Å²) in [4.78, 5) is 26.3. The number of carbonyl (C=O) groups excluding carboxylic acids is 2. The van der Waals surface area contributed by atoms with Crippen LogP contribution in [0.5, 0.6) is 11.5 Å². The third kappa shape index (κ3) is 5.17. The van der Waals surface area contributed by atoms with Gasteiger partial charge in [-0.1, -0.05) is 12.1 Å². The molecule has 0 atom stereocenters. The predicted octanol–water partition coefficient (Wildman–Crippen LogP) is 2.48. The fraction of sp³-hybridized carbons (Fsp3) is 0.391. The number of fused-ring (bicyclic) bond motifs is 1. The van der Waals surface area contributed by atoms with Gasteiger partial charge in [0.15, 0.2) is 17.3 Å². The number of rotatable bonds is 6. The van der Waals surface area contributed by atoms with Crippen LogP contribution in [-0.4, -0.2) is 68.7 Å². The fourth-order valence-electron chi connectivity index (χ4n) is 3.83. The van der Waals surface area contributed by atoms with E-state index < -0.39 is 15.8 Å². The number of hydrogen-bond donors (Lipinski definition) is 0. The van der Waals surface area contributed by atoms with Gasteiger partial charge < -0.3 is 14.4 Å². The Morgan fingerprint density at radius 3 is 2.33 bits per heavy atom. The molecule has 176 valence electrons. The minimum Gasteiger partial charge on any atom is -0.490 e. The highest BCUT2D eigenvalue weighted by Gasteiger charge is 2.31. The SMILES string of the molecule is O=C(CCC(=O)N1CCN(S(=O)(=O)c2ccccc2F)CC1)c1ccc2c(c1)OCCCO2. The summed E-state index contributed by atoms with van der Waals surface area (Å²) in [5.41, 5.74) is 0.452. The van der Waals surface area contributed by atoms with Crippen molar-refractivity contribution in [1.29, 1.82) is 0 Å². The Hall–Kier alpha value is -2.98. The molecule has 0 N–H and O–H groups in total. The van der Waals surface area contributed by atoms with Crippen molar-refractivity contribution in [3.05, 3.63) is 53.8 Å². The number of amides is 1. The predicted molar refractivity (Wildman–Crippen MR) is 117 cm³/mol. The molecule has 0 bridgehead atoms. The number of ketones is 1. The minimum absolute atomic E-state index is 0.0212. The molecule has 2 aliphatic rings. The maximum absolute atomic E-state index is 14.0. The molecule has 4 rings (SSSR count). The second kappa shape index (κ2) is 9.88. The standard InChI is InChI=1S/C23H25FN2O6S/c24-18-4-1-2-5-22(18)33(29,30)26-12-10-25(11-13-26)23(28)9-7-19(27)17-6-8-20-21(16-17)32-15-3-14-31-20/h1-2,4-6,8,16H,3,7,9-15H2. The van der Waals surface area contributed by atoms with E-state index in [0.29, 0.717) is 30.3 Å². The van der Waals surface area contributed by atoms with E-state index in [1.807, 2.05) is 0 Å². The zero-order valence-corrected chi connectivity index (χ0v) is 18.9. The van der Waals surface area contributed by atoms with Crippen LogP contribution in [0.4, 0.5) is 4.39 Å². The van der Waals surface area contributed by atoms with Gasteiger partial charge in [-0.05, 0) is 30.3 Å². The highest BCUT2D eigenvalue weighted by molar-refractivity contribution is 7.89. The summed E-state index contributed by atoms with van der Waals surface area (Å²) < 4.78 is 51.7. The monoisotopic (exact) mass is 476 g/mol. The average molecular weight is 477 g/mol. The molecule has 0 aliphatic carbocycles. The molecule has 0 unspecified atom stereocenters. The van der Waals surface area contributed by atoms with Gasteiger partial charge in [0, 0.05) is 51.0 Å².